The van der Waals surface area contributed by atoms with E-state index in [4.69, 9.17) is 57.6 Å². The Labute approximate surface area is 860 Å². The van der Waals surface area contributed by atoms with Gasteiger partial charge in [-0.2, -0.15) is 10.2 Å². The number of hydrogen-bond donors (Lipinski definition) is 8. The summed E-state index contributed by atoms with van der Waals surface area (Å²) in [5.41, 5.74) is 10.5. The maximum atomic E-state index is 12.9. The summed E-state index contributed by atoms with van der Waals surface area (Å²) in [5, 5.41) is 30.1. The lowest BCUT2D eigenvalue weighted by atomic mass is 9.92. The highest BCUT2D eigenvalue weighted by Crippen LogP contribution is 2.39. The van der Waals surface area contributed by atoms with Gasteiger partial charge in [0.25, 0.3) is 17.7 Å². The molecule has 8 aliphatic heterocycles. The number of halogens is 1. The fraction of sp³-hybridized carbons (Fsp3) is 0.472. The average molecular weight is 2030 g/mol. The molecule has 9 heterocycles. The molecule has 0 bridgehead atoms. The number of terminal acetylenes is 2. The fourth-order valence-corrected chi connectivity index (χ4v) is 15.9. The van der Waals surface area contributed by atoms with Gasteiger partial charge in [-0.05, 0) is 148 Å². The highest BCUT2D eigenvalue weighted by Gasteiger charge is 2.43. The molecule has 5 aromatic carbocycles. The molecule has 12 amide bonds. The molecule has 784 valence electrons. The van der Waals surface area contributed by atoms with Crippen LogP contribution in [-0.2, 0) is 95.9 Å². The van der Waals surface area contributed by atoms with Crippen LogP contribution in [-0.4, -0.2) is 275 Å². The molecule has 4 saturated heterocycles. The average Bonchev–Trinajstić information content (AvgIpc) is 1.60. The number of anilines is 4. The molecular formula is C108H140ClN17O20. The largest absolute Gasteiger partial charge is 0.457 e. The lowest BCUT2D eigenvalue weighted by molar-refractivity contribution is -0.137. The number of aliphatic imine (C=N–C) groups is 1. The first-order chi connectivity index (χ1) is 70.4. The van der Waals surface area contributed by atoms with Crippen LogP contribution in [0.1, 0.15) is 192 Å². The number of piperidine rings is 2. The molecule has 0 saturated carbocycles. The normalized spacial score (nSPS) is 16.0. The molecule has 8 aliphatic rings. The van der Waals surface area contributed by atoms with E-state index >= 15 is 0 Å². The third-order valence-corrected chi connectivity index (χ3v) is 24.0. The maximum Gasteiger partial charge on any atom is 0.269 e. The minimum absolute atomic E-state index is 0.0287. The number of rotatable bonds is 44. The maximum absolute atomic E-state index is 12.9. The minimum Gasteiger partial charge on any atom is -0.457 e. The molecule has 0 radical (unpaired) electrons. The molecule has 1 aromatic heterocycles. The summed E-state index contributed by atoms with van der Waals surface area (Å²) in [6.07, 6.45) is 25.1. The number of allylic oxidation sites excluding steroid dienone is 2. The van der Waals surface area contributed by atoms with Crippen LogP contribution >= 0.6 is 11.6 Å². The fourth-order valence-electron chi connectivity index (χ4n) is 15.8. The molecule has 0 spiro atoms. The van der Waals surface area contributed by atoms with Crippen LogP contribution < -0.4 is 47.3 Å². The highest BCUT2D eigenvalue weighted by molar-refractivity contribution is 6.31. The highest BCUT2D eigenvalue weighted by atomic mass is 35.5. The lowest BCUT2D eigenvalue weighted by Gasteiger charge is -2.38. The van der Waals surface area contributed by atoms with Crippen molar-refractivity contribution < 1.29 is 95.5 Å². The SMILES string of the molecule is C#CCCC(=O)NCCN1CCN(C/C=C/C(C)=O)CC1.C#CCCC1(CCC)N=N1.C=C1CCC(N2Cc3c(NC(=O)CCOCCOCCOCCC)cccc3C2=O)C(=O)N1.CC(=O)N1CC(C2=Nc3ccccc3C2)C1.CC(=O)Nc1ccc(Cl)c(C)c1.CCCOCCOCCOCCC(=O)Nc1cccc2c1CN(C1CCC(=O)NC1=O)C2=O.CNC(=O)c1cc(Oc2ccc(NC(C)=O)cc2)ccn1. The first-order valence-corrected chi connectivity index (χ1v) is 49.9. The van der Waals surface area contributed by atoms with E-state index in [1.807, 2.05) is 37.0 Å². The lowest BCUT2D eigenvalue weighted by Crippen LogP contribution is -2.52. The predicted octanol–water partition coefficient (Wildman–Crippen LogP) is 12.7. The van der Waals surface area contributed by atoms with Crippen LogP contribution in [0.5, 0.6) is 11.5 Å². The van der Waals surface area contributed by atoms with E-state index in [1.54, 1.807) is 110 Å². The standard InChI is InChI=1S/C24H33N3O6.C23H31N3O7.C16H25N3O2.C15H15N3O3.C13H14N2O.C9H10ClNO.C8H12N2/c1-3-10-31-12-14-33-15-13-32-11-9-22(28)26-20-6-4-5-18-19(20)16-27(24(18)30)21-8-7-17(2)25-23(21)29;1-2-9-31-11-13-33-14-12-32-10-8-21(28)24-18-5-3-4-16-17(18)15-26(23(16)30)19-6-7-20(27)25-22(19)29;1-3-4-7-16(21)17-8-10-19-13-11-18(12-14-19)9-5-6-15(2)20;1-10(19)18-11-3-5-12(6-4-11)21-13-7-8-17-14(9-13)15(20)16-2;1-9(16)15-7-11(8-15)13-6-10-4-2-3-5-12(10)14-13;1-6-5-8(11-7(2)12)3-4-9(6)10;1-3-5-7-8(6-4-2)9-10-8/h4-6,21H,2-3,7-16H2,1H3,(H,25,29)(H,26,28);3-5,19H,2,6-15H2,1H3,(H,24,28)(H,25,27,29);1,5-6H,4,7-14H2,2H3,(H,17,21);3-9H,1-2H3,(H,16,20)(H,18,19);2-5,11H,6-8H2,1H3;3-5H,1-2H3,(H,11,12);1H,4-7H2,2H3/b;;6-5+;;;;. The number of aromatic nitrogens is 1. The number of carbonyl (C=O) groups is 13. The number of piperazine rings is 1. The van der Waals surface area contributed by atoms with Crippen LogP contribution in [0.3, 0.4) is 0 Å². The summed E-state index contributed by atoms with van der Waals surface area (Å²) in [6, 6.07) is 32.9. The van der Waals surface area contributed by atoms with E-state index in [2.05, 4.69) is 123 Å². The van der Waals surface area contributed by atoms with Crippen LogP contribution in [0.15, 0.2) is 161 Å². The number of likely N-dealkylation sites (tertiary alicyclic amines) is 1. The molecule has 38 heteroatoms. The number of amides is 12. The molecule has 0 aliphatic carbocycles. The van der Waals surface area contributed by atoms with E-state index in [0.29, 0.717) is 153 Å². The Morgan fingerprint density at radius 1 is 0.575 bits per heavy atom. The molecule has 4 fully saturated rings. The summed E-state index contributed by atoms with van der Waals surface area (Å²) in [6.45, 7) is 32.4. The van der Waals surface area contributed by atoms with Gasteiger partial charge in [0.05, 0.1) is 84.6 Å². The number of hydrogen-bond acceptors (Lipinski definition) is 26. The van der Waals surface area contributed by atoms with E-state index in [-0.39, 0.29) is 128 Å². The van der Waals surface area contributed by atoms with Gasteiger partial charge < -0.3 is 85.1 Å². The van der Waals surface area contributed by atoms with Gasteiger partial charge in [0.1, 0.15) is 29.3 Å². The molecule has 8 N–H and O–H groups in total. The number of imide groups is 1. The summed E-state index contributed by atoms with van der Waals surface area (Å²) in [4.78, 5) is 171. The Hall–Kier alpha value is -13.6. The summed E-state index contributed by atoms with van der Waals surface area (Å²) < 4.78 is 37.9. The molecule has 2 unspecified atom stereocenters. The first-order valence-electron chi connectivity index (χ1n) is 49.5. The monoisotopic (exact) mass is 2030 g/mol. The number of carbonyl (C=O) groups excluding carboxylic acids is 13. The number of pyridine rings is 1. The van der Waals surface area contributed by atoms with Gasteiger partial charge in [-0.15, -0.1) is 24.7 Å². The van der Waals surface area contributed by atoms with Crippen molar-refractivity contribution in [2.45, 2.75) is 183 Å². The van der Waals surface area contributed by atoms with Crippen LogP contribution in [0.4, 0.5) is 28.4 Å². The van der Waals surface area contributed by atoms with Crippen molar-refractivity contribution in [3.05, 3.63) is 190 Å². The Morgan fingerprint density at radius 2 is 1.11 bits per heavy atom. The number of fused-ring (bicyclic) bond motifs is 3. The number of aryl methyl sites for hydroxylation is 1. The predicted molar refractivity (Wildman–Crippen MR) is 557 cm³/mol. The number of benzene rings is 5. The molecule has 14 rings (SSSR count). The third kappa shape index (κ3) is 41.1. The second kappa shape index (κ2) is 63.6. The van der Waals surface area contributed by atoms with Crippen molar-refractivity contribution in [1.29, 1.82) is 0 Å². The molecule has 37 nitrogen and oxygen atoms in total. The van der Waals surface area contributed by atoms with Gasteiger partial charge in [0.15, 0.2) is 11.4 Å². The molecule has 2 atom stereocenters. The van der Waals surface area contributed by atoms with Crippen molar-refractivity contribution in [2.75, 3.05) is 167 Å². The summed E-state index contributed by atoms with van der Waals surface area (Å²) >= 11 is 5.80. The van der Waals surface area contributed by atoms with Gasteiger partial charge in [-0.3, -0.25) is 87.4 Å². The van der Waals surface area contributed by atoms with E-state index < -0.39 is 18.0 Å². The summed E-state index contributed by atoms with van der Waals surface area (Å²) in [5.74, 6) is 4.55. The number of ketones is 1. The van der Waals surface area contributed by atoms with Gasteiger partial charge in [-0.25, -0.2) is 0 Å². The minimum atomic E-state index is -0.694. The zero-order chi connectivity index (χ0) is 106. The number of ether oxygens (including phenoxy) is 7. The third-order valence-electron chi connectivity index (χ3n) is 23.6. The van der Waals surface area contributed by atoms with Gasteiger partial charge >= 0.3 is 0 Å². The zero-order valence-corrected chi connectivity index (χ0v) is 86.0. The second-order valence-corrected chi connectivity index (χ2v) is 35.6. The Morgan fingerprint density at radius 3 is 1.62 bits per heavy atom. The molecule has 146 heavy (non-hydrogen) atoms. The quantitative estimate of drug-likeness (QED) is 0.00762. The van der Waals surface area contributed by atoms with Crippen molar-refractivity contribution >= 4 is 122 Å². The smallest absolute Gasteiger partial charge is 0.269 e. The van der Waals surface area contributed by atoms with Crippen molar-refractivity contribution in [3.63, 3.8) is 0 Å². The number of nitrogens with zero attached hydrogens (tertiary/aromatic N) is 9. The molecule has 6 aromatic rings. The summed E-state index contributed by atoms with van der Waals surface area (Å²) in [7, 11) is 1.54. The van der Waals surface area contributed by atoms with E-state index in [9.17, 15) is 62.3 Å². The van der Waals surface area contributed by atoms with Crippen LogP contribution in [0, 0.1) is 37.5 Å². The van der Waals surface area contributed by atoms with E-state index in [0.717, 1.165) is 133 Å². The Bertz CT molecular complexity index is 5440. The molecular weight excluding hydrogens is 1890 g/mol. The van der Waals surface area contributed by atoms with E-state index in [1.165, 1.54) is 43.3 Å². The van der Waals surface area contributed by atoms with Crippen LogP contribution in [0.2, 0.25) is 5.02 Å². The number of nitrogens with one attached hydrogen (secondary N) is 8. The second-order valence-electron chi connectivity index (χ2n) is 35.2. The Kier molecular flexibility index (Phi) is 51.3. The Balaban J connectivity index is 0.000000215. The first kappa shape index (κ1) is 118. The zero-order valence-electron chi connectivity index (χ0n) is 85.2. The van der Waals surface area contributed by atoms with Crippen LogP contribution in [0.25, 0.3) is 0 Å². The van der Waals surface area contributed by atoms with Gasteiger partial charge in [-0.1, -0.05) is 81.8 Å². The number of para-hydroxylation sites is 1. The van der Waals surface area contributed by atoms with Gasteiger partial charge in [0.2, 0.25) is 53.2 Å². The van der Waals surface area contributed by atoms with Crippen molar-refractivity contribution in [2.24, 2.45) is 21.1 Å². The van der Waals surface area contributed by atoms with Crippen molar-refractivity contribution in [3.8, 4) is 36.2 Å². The van der Waals surface area contributed by atoms with Crippen molar-refractivity contribution in [1.82, 2.24) is 50.8 Å². The van der Waals surface area contributed by atoms with Gasteiger partial charge in [0, 0.05) is 231 Å². The topological polar surface area (TPSA) is 449 Å².